The maximum absolute atomic E-state index is 11.4. The standard InChI is InChI=1S/C8H8Cl2O8/c1-8(2,3(11)12)4(13)16-7(17-5(9)14)18-6(10)15/h7H,1-2H3,(H,11,12). The number of carbonyl (C=O) groups is 4. The highest BCUT2D eigenvalue weighted by Crippen LogP contribution is 2.19. The molecule has 0 saturated carbocycles. The van der Waals surface area contributed by atoms with Gasteiger partial charge >= 0.3 is 29.3 Å². The lowest BCUT2D eigenvalue weighted by molar-refractivity contribution is -0.229. The zero-order chi connectivity index (χ0) is 14.5. The number of halogens is 2. The van der Waals surface area contributed by atoms with Crippen molar-refractivity contribution in [3.63, 3.8) is 0 Å². The quantitative estimate of drug-likeness (QED) is 0.353. The van der Waals surface area contributed by atoms with Crippen LogP contribution < -0.4 is 0 Å². The SMILES string of the molecule is CC(C)(C(=O)O)C(=O)OC(OC(=O)Cl)OC(=O)Cl. The third-order valence-corrected chi connectivity index (χ3v) is 1.80. The number of aliphatic carboxylic acids is 1. The molecule has 0 aliphatic carbocycles. The van der Waals surface area contributed by atoms with Crippen LogP contribution in [0.15, 0.2) is 0 Å². The third kappa shape index (κ3) is 5.19. The Bertz CT molecular complexity index is 361. The van der Waals surface area contributed by atoms with Crippen LogP contribution in [0.25, 0.3) is 0 Å². The van der Waals surface area contributed by atoms with Crippen molar-refractivity contribution in [3.05, 3.63) is 0 Å². The molecule has 102 valence electrons. The van der Waals surface area contributed by atoms with Crippen molar-refractivity contribution < 1.29 is 38.5 Å². The van der Waals surface area contributed by atoms with Crippen molar-refractivity contribution in [2.24, 2.45) is 5.41 Å². The van der Waals surface area contributed by atoms with Crippen LogP contribution >= 0.6 is 23.2 Å². The molecule has 10 heteroatoms. The zero-order valence-corrected chi connectivity index (χ0v) is 10.7. The maximum atomic E-state index is 11.4. The van der Waals surface area contributed by atoms with E-state index in [1.54, 1.807) is 0 Å². The van der Waals surface area contributed by atoms with Gasteiger partial charge in [-0.05, 0) is 13.8 Å². The largest absolute Gasteiger partial charge is 0.480 e. The Morgan fingerprint density at radius 2 is 1.39 bits per heavy atom. The summed E-state index contributed by atoms with van der Waals surface area (Å²) in [5.74, 6) is -2.82. The van der Waals surface area contributed by atoms with Crippen molar-refractivity contribution in [1.29, 1.82) is 0 Å². The van der Waals surface area contributed by atoms with E-state index in [-0.39, 0.29) is 0 Å². The highest BCUT2D eigenvalue weighted by atomic mass is 35.5. The molecular formula is C8H8Cl2O8. The second-order valence-corrected chi connectivity index (χ2v) is 3.95. The van der Waals surface area contributed by atoms with Gasteiger partial charge in [0.2, 0.25) is 0 Å². The topological polar surface area (TPSA) is 116 Å². The van der Waals surface area contributed by atoms with E-state index in [4.69, 9.17) is 28.3 Å². The third-order valence-electron chi connectivity index (χ3n) is 1.63. The first-order valence-electron chi connectivity index (χ1n) is 4.24. The van der Waals surface area contributed by atoms with E-state index < -0.39 is 34.7 Å². The average molecular weight is 303 g/mol. The van der Waals surface area contributed by atoms with Crippen LogP contribution in [-0.2, 0) is 23.8 Å². The summed E-state index contributed by atoms with van der Waals surface area (Å²) >= 11 is 9.63. The van der Waals surface area contributed by atoms with Gasteiger partial charge in [0.1, 0.15) is 0 Å². The summed E-state index contributed by atoms with van der Waals surface area (Å²) in [6.07, 6.45) is 0. The molecule has 0 unspecified atom stereocenters. The van der Waals surface area contributed by atoms with E-state index in [0.29, 0.717) is 0 Å². The summed E-state index contributed by atoms with van der Waals surface area (Å²) in [6.45, 7) is -0.106. The Morgan fingerprint density at radius 1 is 1.00 bits per heavy atom. The lowest BCUT2D eigenvalue weighted by Crippen LogP contribution is -2.39. The minimum atomic E-state index is -2.16. The van der Waals surface area contributed by atoms with Crippen LogP contribution in [0.5, 0.6) is 0 Å². The van der Waals surface area contributed by atoms with Gasteiger partial charge in [0, 0.05) is 23.2 Å². The number of carboxylic acids is 1. The van der Waals surface area contributed by atoms with E-state index >= 15 is 0 Å². The Morgan fingerprint density at radius 3 is 1.67 bits per heavy atom. The van der Waals surface area contributed by atoms with Crippen LogP contribution in [0.4, 0.5) is 9.59 Å². The average Bonchev–Trinajstić information content (AvgIpc) is 2.14. The zero-order valence-electron chi connectivity index (χ0n) is 9.14. The monoisotopic (exact) mass is 302 g/mol. The van der Waals surface area contributed by atoms with E-state index in [0.717, 1.165) is 13.8 Å². The summed E-state index contributed by atoms with van der Waals surface area (Å²) in [6, 6.07) is 0. The lowest BCUT2D eigenvalue weighted by atomic mass is 9.94. The molecule has 0 amide bonds. The normalized spacial score (nSPS) is 10.7. The molecule has 0 aromatic heterocycles. The van der Waals surface area contributed by atoms with Crippen molar-refractivity contribution in [3.8, 4) is 0 Å². The highest BCUT2D eigenvalue weighted by Gasteiger charge is 2.40. The number of carboxylic acid groups (broad SMARTS) is 1. The van der Waals surface area contributed by atoms with Gasteiger partial charge in [-0.25, -0.2) is 9.59 Å². The van der Waals surface area contributed by atoms with Crippen LogP contribution in [0.2, 0.25) is 0 Å². The molecule has 0 bridgehead atoms. The van der Waals surface area contributed by atoms with Gasteiger partial charge in [-0.2, -0.15) is 0 Å². The van der Waals surface area contributed by atoms with Crippen LogP contribution in [0.3, 0.4) is 0 Å². The summed E-state index contributed by atoms with van der Waals surface area (Å²) in [7, 11) is 0. The van der Waals surface area contributed by atoms with Crippen LogP contribution in [0.1, 0.15) is 13.8 Å². The Kier molecular flexibility index (Phi) is 5.86. The Hall–Kier alpha value is -1.54. The second-order valence-electron chi connectivity index (χ2n) is 3.34. The second kappa shape index (κ2) is 6.41. The molecule has 0 aromatic rings. The Balaban J connectivity index is 4.77. The van der Waals surface area contributed by atoms with Crippen molar-refractivity contribution in [1.82, 2.24) is 0 Å². The van der Waals surface area contributed by atoms with Gasteiger partial charge in [-0.1, -0.05) is 0 Å². The molecule has 0 aliphatic rings. The summed E-state index contributed by atoms with van der Waals surface area (Å²) in [5, 5.41) is 8.72. The molecule has 0 atom stereocenters. The van der Waals surface area contributed by atoms with E-state index in [1.807, 2.05) is 0 Å². The first-order valence-corrected chi connectivity index (χ1v) is 4.99. The molecule has 0 radical (unpaired) electrons. The molecule has 0 aliphatic heterocycles. The number of hydrogen-bond donors (Lipinski definition) is 1. The fourth-order valence-electron chi connectivity index (χ4n) is 0.545. The molecule has 0 fully saturated rings. The Labute approximate surface area is 111 Å². The number of esters is 1. The van der Waals surface area contributed by atoms with E-state index in [9.17, 15) is 19.2 Å². The molecule has 0 saturated heterocycles. The predicted molar refractivity (Wildman–Crippen MR) is 56.0 cm³/mol. The minimum absolute atomic E-state index is 1.03. The van der Waals surface area contributed by atoms with Crippen LogP contribution in [-0.4, -0.2) is 34.4 Å². The lowest BCUT2D eigenvalue weighted by Gasteiger charge is -2.21. The first-order chi connectivity index (χ1) is 8.07. The van der Waals surface area contributed by atoms with Crippen molar-refractivity contribution >= 4 is 46.0 Å². The molecule has 18 heavy (non-hydrogen) atoms. The van der Waals surface area contributed by atoms with Gasteiger partial charge in [0.25, 0.3) is 0 Å². The fraction of sp³-hybridized carbons (Fsp3) is 0.500. The predicted octanol–water partition coefficient (Wildman–Crippen LogP) is 1.67. The summed E-state index contributed by atoms with van der Waals surface area (Å²) in [5.41, 5.74) is -4.84. The molecule has 0 aromatic carbocycles. The van der Waals surface area contributed by atoms with Crippen molar-refractivity contribution in [2.75, 3.05) is 0 Å². The fourth-order valence-corrected chi connectivity index (χ4v) is 0.691. The molecular weight excluding hydrogens is 295 g/mol. The molecule has 0 heterocycles. The molecule has 8 nitrogen and oxygen atoms in total. The van der Waals surface area contributed by atoms with Gasteiger partial charge in [-0.3, -0.25) is 9.59 Å². The van der Waals surface area contributed by atoms with E-state index in [1.165, 1.54) is 0 Å². The number of carbonyl (C=O) groups excluding carboxylic acids is 3. The van der Waals surface area contributed by atoms with Gasteiger partial charge in [0.15, 0.2) is 5.41 Å². The maximum Gasteiger partial charge on any atom is 0.414 e. The van der Waals surface area contributed by atoms with Crippen LogP contribution in [0, 0.1) is 5.41 Å². The number of ether oxygens (including phenoxy) is 3. The molecule has 1 N–H and O–H groups in total. The van der Waals surface area contributed by atoms with Gasteiger partial charge < -0.3 is 19.3 Å². The summed E-state index contributed by atoms with van der Waals surface area (Å²) < 4.78 is 12.5. The smallest absolute Gasteiger partial charge is 0.414 e. The number of rotatable bonds is 5. The van der Waals surface area contributed by atoms with Gasteiger partial charge in [-0.15, -0.1) is 0 Å². The van der Waals surface area contributed by atoms with Gasteiger partial charge in [0.05, 0.1) is 0 Å². The first kappa shape index (κ1) is 16.5. The highest BCUT2D eigenvalue weighted by molar-refractivity contribution is 6.61. The molecule has 0 rings (SSSR count). The van der Waals surface area contributed by atoms with Crippen molar-refractivity contribution in [2.45, 2.75) is 20.3 Å². The number of hydrogen-bond acceptors (Lipinski definition) is 7. The molecule has 0 spiro atoms. The minimum Gasteiger partial charge on any atom is -0.480 e. The van der Waals surface area contributed by atoms with E-state index in [2.05, 4.69) is 14.2 Å². The summed E-state index contributed by atoms with van der Waals surface area (Å²) in [4.78, 5) is 42.9.